The Hall–Kier alpha value is -3.53. The molecule has 0 aromatic heterocycles. The molecule has 1 amide bonds. The summed E-state index contributed by atoms with van der Waals surface area (Å²) >= 11 is 0. The van der Waals surface area contributed by atoms with Crippen LogP contribution in [0.2, 0.25) is 0 Å². The van der Waals surface area contributed by atoms with Crippen LogP contribution in [0.1, 0.15) is 24.9 Å². The maximum atomic E-state index is 12.7. The minimum Gasteiger partial charge on any atom is -0.481 e. The molecular formula is C21H25N3O6S. The zero-order chi connectivity index (χ0) is 23.0. The van der Waals surface area contributed by atoms with Crippen molar-refractivity contribution in [2.45, 2.75) is 24.3 Å². The van der Waals surface area contributed by atoms with E-state index in [1.165, 1.54) is 36.4 Å². The molecule has 5 N–H and O–H groups in total. The number of sulfonamides is 1. The van der Waals surface area contributed by atoms with Crippen molar-refractivity contribution in [2.24, 2.45) is 5.92 Å². The SMILES string of the molecule is C=CCOC(=O)NC(c1cccc(NS(=O)(=O)c2cccc(N)c2)c1)C(CC)C(=O)O. The Balaban J connectivity index is 2.36. The van der Waals surface area contributed by atoms with Crippen LogP contribution in [0.25, 0.3) is 0 Å². The van der Waals surface area contributed by atoms with Crippen LogP contribution >= 0.6 is 0 Å². The summed E-state index contributed by atoms with van der Waals surface area (Å²) in [4.78, 5) is 23.8. The highest BCUT2D eigenvalue weighted by atomic mass is 32.2. The van der Waals surface area contributed by atoms with E-state index in [4.69, 9.17) is 10.5 Å². The van der Waals surface area contributed by atoms with Gasteiger partial charge in [0.25, 0.3) is 10.0 Å². The number of carbonyl (C=O) groups is 2. The third kappa shape index (κ3) is 6.48. The Morgan fingerprint density at radius 3 is 2.55 bits per heavy atom. The van der Waals surface area contributed by atoms with Crippen LogP contribution in [0, 0.1) is 5.92 Å². The highest BCUT2D eigenvalue weighted by Gasteiger charge is 2.30. The molecule has 2 rings (SSSR count). The number of nitrogens with one attached hydrogen (secondary N) is 2. The number of aliphatic carboxylic acids is 1. The monoisotopic (exact) mass is 447 g/mol. The summed E-state index contributed by atoms with van der Waals surface area (Å²) in [6.45, 7) is 5.09. The number of hydrogen-bond donors (Lipinski definition) is 4. The molecule has 2 aromatic rings. The minimum absolute atomic E-state index is 0.0162. The Labute approximate surface area is 181 Å². The predicted octanol–water partition coefficient (Wildman–Crippen LogP) is 3.13. The summed E-state index contributed by atoms with van der Waals surface area (Å²) in [5.74, 6) is -2.07. The standard InChI is InChI=1S/C21H25N3O6S/c1-3-11-30-21(27)23-19(18(4-2)20(25)26)14-7-5-9-16(12-14)24-31(28,29)17-10-6-8-15(22)13-17/h3,5-10,12-13,18-19,24H,1,4,11,22H2,2H3,(H,23,27)(H,25,26). The first-order valence-corrected chi connectivity index (χ1v) is 10.9. The van der Waals surface area contributed by atoms with Crippen molar-refractivity contribution in [3.63, 3.8) is 0 Å². The Kier molecular flexibility index (Phi) is 8.03. The highest BCUT2D eigenvalue weighted by molar-refractivity contribution is 7.92. The maximum absolute atomic E-state index is 12.7. The second-order valence-electron chi connectivity index (χ2n) is 6.67. The fraction of sp³-hybridized carbons (Fsp3) is 0.238. The topological polar surface area (TPSA) is 148 Å². The van der Waals surface area contributed by atoms with Crippen molar-refractivity contribution in [3.05, 3.63) is 66.7 Å². The first-order chi connectivity index (χ1) is 14.7. The molecule has 0 bridgehead atoms. The smallest absolute Gasteiger partial charge is 0.407 e. The van der Waals surface area contributed by atoms with Crippen molar-refractivity contribution in [2.75, 3.05) is 17.1 Å². The molecule has 0 saturated heterocycles. The molecule has 0 heterocycles. The fourth-order valence-corrected chi connectivity index (χ4v) is 4.07. The molecule has 0 spiro atoms. The van der Waals surface area contributed by atoms with Gasteiger partial charge >= 0.3 is 12.1 Å². The minimum atomic E-state index is -3.92. The van der Waals surface area contributed by atoms with Gasteiger partial charge in [0.1, 0.15) is 6.61 Å². The average molecular weight is 448 g/mol. The van der Waals surface area contributed by atoms with Crippen molar-refractivity contribution < 1.29 is 27.9 Å². The number of ether oxygens (including phenoxy) is 1. The van der Waals surface area contributed by atoms with Gasteiger partial charge in [-0.3, -0.25) is 9.52 Å². The van der Waals surface area contributed by atoms with Crippen LogP contribution in [0.15, 0.2) is 66.1 Å². The number of carboxylic acids is 1. The van der Waals surface area contributed by atoms with E-state index < -0.39 is 34.0 Å². The molecule has 2 atom stereocenters. The lowest BCUT2D eigenvalue weighted by Crippen LogP contribution is -2.37. The van der Waals surface area contributed by atoms with Gasteiger partial charge in [-0.2, -0.15) is 0 Å². The number of carboxylic acid groups (broad SMARTS) is 1. The summed E-state index contributed by atoms with van der Waals surface area (Å²) in [6.07, 6.45) is 0.797. The van der Waals surface area contributed by atoms with E-state index in [1.807, 2.05) is 0 Å². The molecular weight excluding hydrogens is 422 g/mol. The zero-order valence-electron chi connectivity index (χ0n) is 16.9. The molecule has 31 heavy (non-hydrogen) atoms. The Morgan fingerprint density at radius 2 is 1.94 bits per heavy atom. The normalized spacial score (nSPS) is 12.9. The third-order valence-electron chi connectivity index (χ3n) is 4.43. The summed E-state index contributed by atoms with van der Waals surface area (Å²) in [6, 6.07) is 11.0. The third-order valence-corrected chi connectivity index (χ3v) is 5.81. The fourth-order valence-electron chi connectivity index (χ4n) is 2.96. The van der Waals surface area contributed by atoms with Crippen LogP contribution in [0.4, 0.5) is 16.2 Å². The van der Waals surface area contributed by atoms with Gasteiger partial charge in [0.15, 0.2) is 0 Å². The Bertz CT molecular complexity index is 1050. The van der Waals surface area contributed by atoms with Crippen LogP contribution < -0.4 is 15.8 Å². The number of alkyl carbamates (subject to hydrolysis) is 1. The first kappa shape index (κ1) is 23.7. The lowest BCUT2D eigenvalue weighted by molar-refractivity contribution is -0.142. The molecule has 2 aromatic carbocycles. The molecule has 0 aliphatic heterocycles. The molecule has 2 unspecified atom stereocenters. The van der Waals surface area contributed by atoms with Crippen molar-refractivity contribution in [1.82, 2.24) is 5.32 Å². The molecule has 0 aliphatic carbocycles. The predicted molar refractivity (Wildman–Crippen MR) is 117 cm³/mol. The number of anilines is 2. The summed E-state index contributed by atoms with van der Waals surface area (Å²) in [7, 11) is -3.92. The van der Waals surface area contributed by atoms with Crippen LogP contribution in [0.3, 0.4) is 0 Å². The van der Waals surface area contributed by atoms with E-state index in [9.17, 15) is 23.1 Å². The van der Waals surface area contributed by atoms with E-state index >= 15 is 0 Å². The first-order valence-electron chi connectivity index (χ1n) is 9.43. The molecule has 9 nitrogen and oxygen atoms in total. The second-order valence-corrected chi connectivity index (χ2v) is 8.35. The molecule has 0 saturated carbocycles. The van der Waals surface area contributed by atoms with E-state index in [-0.39, 0.29) is 23.6 Å². The van der Waals surface area contributed by atoms with E-state index in [1.54, 1.807) is 25.1 Å². The molecule has 0 aliphatic rings. The number of carbonyl (C=O) groups excluding carboxylic acids is 1. The van der Waals surface area contributed by atoms with Crippen molar-refractivity contribution in [1.29, 1.82) is 0 Å². The molecule has 10 heteroatoms. The van der Waals surface area contributed by atoms with Gasteiger partial charge in [-0.25, -0.2) is 13.2 Å². The summed E-state index contributed by atoms with van der Waals surface area (Å²) < 4.78 is 32.7. The number of nitrogens with two attached hydrogens (primary N) is 1. The molecule has 0 radical (unpaired) electrons. The largest absolute Gasteiger partial charge is 0.481 e. The number of amides is 1. The zero-order valence-corrected chi connectivity index (χ0v) is 17.8. The second kappa shape index (κ2) is 10.5. The quantitative estimate of drug-likeness (QED) is 0.323. The van der Waals surface area contributed by atoms with Gasteiger partial charge in [0, 0.05) is 11.4 Å². The van der Waals surface area contributed by atoms with Crippen molar-refractivity contribution in [3.8, 4) is 0 Å². The van der Waals surface area contributed by atoms with E-state index in [2.05, 4.69) is 16.6 Å². The summed E-state index contributed by atoms with van der Waals surface area (Å²) in [5, 5.41) is 12.1. The lowest BCUT2D eigenvalue weighted by Gasteiger charge is -2.25. The van der Waals surface area contributed by atoms with E-state index in [0.29, 0.717) is 11.3 Å². The maximum Gasteiger partial charge on any atom is 0.407 e. The van der Waals surface area contributed by atoms with Crippen LogP contribution in [-0.2, 0) is 19.6 Å². The van der Waals surface area contributed by atoms with Gasteiger partial charge in [-0.1, -0.05) is 37.8 Å². The number of rotatable bonds is 10. The van der Waals surface area contributed by atoms with Crippen LogP contribution in [-0.4, -0.2) is 32.2 Å². The van der Waals surface area contributed by atoms with Gasteiger partial charge < -0.3 is 20.9 Å². The lowest BCUT2D eigenvalue weighted by atomic mass is 9.91. The Morgan fingerprint density at radius 1 is 1.23 bits per heavy atom. The number of benzene rings is 2. The summed E-state index contributed by atoms with van der Waals surface area (Å²) in [5.41, 5.74) is 6.56. The number of hydrogen-bond acceptors (Lipinski definition) is 6. The van der Waals surface area contributed by atoms with Gasteiger partial charge in [-0.05, 0) is 42.3 Å². The van der Waals surface area contributed by atoms with E-state index in [0.717, 1.165) is 0 Å². The molecule has 166 valence electrons. The van der Waals surface area contributed by atoms with Gasteiger partial charge in [0.05, 0.1) is 16.9 Å². The van der Waals surface area contributed by atoms with Crippen molar-refractivity contribution >= 4 is 33.5 Å². The van der Waals surface area contributed by atoms with Gasteiger partial charge in [0.2, 0.25) is 0 Å². The van der Waals surface area contributed by atoms with Crippen LogP contribution in [0.5, 0.6) is 0 Å². The average Bonchev–Trinajstić information content (AvgIpc) is 2.71. The van der Waals surface area contributed by atoms with Gasteiger partial charge in [-0.15, -0.1) is 0 Å². The highest BCUT2D eigenvalue weighted by Crippen LogP contribution is 2.28. The number of nitrogen functional groups attached to an aromatic ring is 1. The molecule has 0 fully saturated rings.